The monoisotopic (exact) mass is 370 g/mol. The average Bonchev–Trinajstić information content (AvgIpc) is 2.71. The van der Waals surface area contributed by atoms with Crippen LogP contribution in [0.3, 0.4) is 0 Å². The molecular formula is C21H30N4O2. The number of carbonyl (C=O) groups excluding carboxylic acids is 2. The molecule has 0 bridgehead atoms. The zero-order chi connectivity index (χ0) is 18.8. The van der Waals surface area contributed by atoms with Crippen LogP contribution in [-0.4, -0.2) is 56.1 Å². The molecule has 1 aromatic rings. The van der Waals surface area contributed by atoms with Crippen molar-refractivity contribution in [2.24, 2.45) is 0 Å². The van der Waals surface area contributed by atoms with Crippen LogP contribution >= 0.6 is 0 Å². The van der Waals surface area contributed by atoms with Crippen molar-refractivity contribution in [2.45, 2.75) is 51.0 Å². The van der Waals surface area contributed by atoms with Crippen molar-refractivity contribution >= 4 is 23.3 Å². The van der Waals surface area contributed by atoms with Crippen LogP contribution in [0.2, 0.25) is 0 Å². The number of fused-ring (bicyclic) bond motifs is 1. The lowest BCUT2D eigenvalue weighted by molar-refractivity contribution is -0.118. The van der Waals surface area contributed by atoms with Crippen LogP contribution in [0.1, 0.15) is 44.1 Å². The Labute approximate surface area is 161 Å². The minimum absolute atomic E-state index is 0.104. The predicted octanol–water partition coefficient (Wildman–Crippen LogP) is 2.76. The summed E-state index contributed by atoms with van der Waals surface area (Å²) in [4.78, 5) is 30.4. The van der Waals surface area contributed by atoms with Gasteiger partial charge in [-0.25, -0.2) is 4.79 Å². The summed E-state index contributed by atoms with van der Waals surface area (Å²) in [5.74, 6) is 0.188. The van der Waals surface area contributed by atoms with Gasteiger partial charge in [0.1, 0.15) is 0 Å². The highest BCUT2D eigenvalue weighted by Crippen LogP contribution is 2.31. The molecule has 0 atom stereocenters. The average molecular weight is 370 g/mol. The Morgan fingerprint density at radius 3 is 2.52 bits per heavy atom. The molecule has 1 saturated carbocycles. The third-order valence-corrected chi connectivity index (χ3v) is 6.27. The molecule has 0 radical (unpaired) electrons. The van der Waals surface area contributed by atoms with Gasteiger partial charge in [-0.1, -0.05) is 19.3 Å². The zero-order valence-electron chi connectivity index (χ0n) is 16.2. The molecule has 27 heavy (non-hydrogen) atoms. The Bertz CT molecular complexity index is 706. The standard InChI is InChI=1S/C21H30N4O2/c1-23-19-9-8-18(15-16(19)7-10-20(23)26)24-11-13-25(14-12-24)21(27)22-17-5-3-2-4-6-17/h8-9,15,17H,2-7,10-14H2,1H3,(H,22,27). The summed E-state index contributed by atoms with van der Waals surface area (Å²) in [6.45, 7) is 3.22. The van der Waals surface area contributed by atoms with E-state index in [1.54, 1.807) is 4.90 Å². The molecule has 6 heteroatoms. The largest absolute Gasteiger partial charge is 0.368 e. The predicted molar refractivity (Wildman–Crippen MR) is 107 cm³/mol. The van der Waals surface area contributed by atoms with E-state index >= 15 is 0 Å². The summed E-state index contributed by atoms with van der Waals surface area (Å²) in [6.07, 6.45) is 7.42. The van der Waals surface area contributed by atoms with Gasteiger partial charge in [-0.3, -0.25) is 4.79 Å². The maximum atomic E-state index is 12.5. The summed E-state index contributed by atoms with van der Waals surface area (Å²) in [5, 5.41) is 3.22. The normalized spacial score (nSPS) is 21.2. The first kappa shape index (κ1) is 18.1. The lowest BCUT2D eigenvalue weighted by atomic mass is 9.96. The fourth-order valence-corrected chi connectivity index (χ4v) is 4.52. The van der Waals surface area contributed by atoms with Crippen molar-refractivity contribution in [3.05, 3.63) is 23.8 Å². The number of nitrogens with one attached hydrogen (secondary N) is 1. The molecule has 1 N–H and O–H groups in total. The van der Waals surface area contributed by atoms with E-state index in [0.29, 0.717) is 12.5 Å². The maximum Gasteiger partial charge on any atom is 0.317 e. The molecule has 0 aromatic heterocycles. The molecule has 4 rings (SSSR count). The van der Waals surface area contributed by atoms with Crippen molar-refractivity contribution < 1.29 is 9.59 Å². The number of piperazine rings is 1. The van der Waals surface area contributed by atoms with Crippen LogP contribution < -0.4 is 15.1 Å². The van der Waals surface area contributed by atoms with Gasteiger partial charge in [0.25, 0.3) is 0 Å². The fraction of sp³-hybridized carbons (Fsp3) is 0.619. The third-order valence-electron chi connectivity index (χ3n) is 6.27. The quantitative estimate of drug-likeness (QED) is 0.871. The number of nitrogens with zero attached hydrogens (tertiary/aromatic N) is 3. The van der Waals surface area contributed by atoms with E-state index in [2.05, 4.69) is 28.4 Å². The molecule has 6 nitrogen and oxygen atoms in total. The highest BCUT2D eigenvalue weighted by molar-refractivity contribution is 5.96. The Hall–Kier alpha value is -2.24. The second-order valence-corrected chi connectivity index (χ2v) is 8.02. The van der Waals surface area contributed by atoms with E-state index in [9.17, 15) is 9.59 Å². The number of anilines is 2. The molecule has 2 heterocycles. The number of benzene rings is 1. The summed E-state index contributed by atoms with van der Waals surface area (Å²) >= 11 is 0. The number of amides is 3. The summed E-state index contributed by atoms with van der Waals surface area (Å²) in [5.41, 5.74) is 3.47. The van der Waals surface area contributed by atoms with Gasteiger partial charge in [0.15, 0.2) is 0 Å². The molecule has 0 spiro atoms. The maximum absolute atomic E-state index is 12.5. The van der Waals surface area contributed by atoms with Crippen LogP contribution in [0.25, 0.3) is 0 Å². The molecule has 1 saturated heterocycles. The third kappa shape index (κ3) is 3.89. The molecule has 2 aliphatic heterocycles. The Morgan fingerprint density at radius 1 is 1.04 bits per heavy atom. The van der Waals surface area contributed by atoms with Gasteiger partial charge in [-0.05, 0) is 43.0 Å². The van der Waals surface area contributed by atoms with Crippen molar-refractivity contribution in [3.8, 4) is 0 Å². The van der Waals surface area contributed by atoms with Crippen LogP contribution in [-0.2, 0) is 11.2 Å². The second kappa shape index (κ2) is 7.79. The van der Waals surface area contributed by atoms with E-state index in [1.807, 2.05) is 11.9 Å². The highest BCUT2D eigenvalue weighted by atomic mass is 16.2. The molecule has 3 aliphatic rings. The lowest BCUT2D eigenvalue weighted by Crippen LogP contribution is -2.53. The highest BCUT2D eigenvalue weighted by Gasteiger charge is 2.26. The van der Waals surface area contributed by atoms with Gasteiger partial charge >= 0.3 is 6.03 Å². The van der Waals surface area contributed by atoms with Crippen LogP contribution in [0.15, 0.2) is 18.2 Å². The van der Waals surface area contributed by atoms with Gasteiger partial charge in [0, 0.05) is 57.1 Å². The van der Waals surface area contributed by atoms with Gasteiger partial charge in [0.2, 0.25) is 5.91 Å². The van der Waals surface area contributed by atoms with Crippen molar-refractivity contribution in [1.29, 1.82) is 0 Å². The van der Waals surface area contributed by atoms with Crippen molar-refractivity contribution in [2.75, 3.05) is 43.0 Å². The molecule has 1 aliphatic carbocycles. The number of urea groups is 1. The van der Waals surface area contributed by atoms with E-state index in [4.69, 9.17) is 0 Å². The summed E-state index contributed by atoms with van der Waals surface area (Å²) in [7, 11) is 1.85. The Kier molecular flexibility index (Phi) is 5.23. The van der Waals surface area contributed by atoms with E-state index in [0.717, 1.165) is 51.1 Å². The van der Waals surface area contributed by atoms with Crippen molar-refractivity contribution in [1.82, 2.24) is 10.2 Å². The number of hydrogen-bond donors (Lipinski definition) is 1. The van der Waals surface area contributed by atoms with E-state index in [-0.39, 0.29) is 11.9 Å². The van der Waals surface area contributed by atoms with Crippen LogP contribution in [0.5, 0.6) is 0 Å². The Balaban J connectivity index is 1.34. The summed E-state index contributed by atoms with van der Waals surface area (Å²) in [6, 6.07) is 6.85. The minimum atomic E-state index is 0.104. The molecule has 2 fully saturated rings. The molecular weight excluding hydrogens is 340 g/mol. The van der Waals surface area contributed by atoms with Crippen LogP contribution in [0, 0.1) is 0 Å². The van der Waals surface area contributed by atoms with Gasteiger partial charge in [-0.15, -0.1) is 0 Å². The fourth-order valence-electron chi connectivity index (χ4n) is 4.52. The second-order valence-electron chi connectivity index (χ2n) is 8.02. The summed E-state index contributed by atoms with van der Waals surface area (Å²) < 4.78 is 0. The van der Waals surface area contributed by atoms with Gasteiger partial charge in [-0.2, -0.15) is 0 Å². The number of hydrogen-bond acceptors (Lipinski definition) is 3. The molecule has 0 unspecified atom stereocenters. The first-order chi connectivity index (χ1) is 13.1. The van der Waals surface area contributed by atoms with E-state index < -0.39 is 0 Å². The van der Waals surface area contributed by atoms with Crippen molar-refractivity contribution in [3.63, 3.8) is 0 Å². The SMILES string of the molecule is CN1C(=O)CCc2cc(N3CCN(C(=O)NC4CCCCC4)CC3)ccc21. The minimum Gasteiger partial charge on any atom is -0.368 e. The number of aryl methyl sites for hydroxylation is 1. The number of rotatable bonds is 2. The lowest BCUT2D eigenvalue weighted by Gasteiger charge is -2.37. The molecule has 3 amide bonds. The van der Waals surface area contributed by atoms with Gasteiger partial charge < -0.3 is 20.0 Å². The smallest absolute Gasteiger partial charge is 0.317 e. The molecule has 1 aromatic carbocycles. The van der Waals surface area contributed by atoms with Crippen LogP contribution in [0.4, 0.5) is 16.2 Å². The first-order valence-corrected chi connectivity index (χ1v) is 10.3. The topological polar surface area (TPSA) is 55.9 Å². The molecule has 146 valence electrons. The van der Waals surface area contributed by atoms with E-state index in [1.165, 1.54) is 30.5 Å². The first-order valence-electron chi connectivity index (χ1n) is 10.3. The number of carbonyl (C=O) groups is 2. The Morgan fingerprint density at radius 2 is 1.78 bits per heavy atom. The zero-order valence-corrected chi connectivity index (χ0v) is 16.2. The van der Waals surface area contributed by atoms with Gasteiger partial charge in [0.05, 0.1) is 0 Å².